The van der Waals surface area contributed by atoms with E-state index in [0.29, 0.717) is 17.4 Å². The van der Waals surface area contributed by atoms with Crippen LogP contribution in [0.2, 0.25) is 0 Å². The Kier molecular flexibility index (Phi) is 7.27. The van der Waals surface area contributed by atoms with E-state index in [4.69, 9.17) is 4.74 Å². The fourth-order valence-electron chi connectivity index (χ4n) is 2.59. The first-order valence-electron chi connectivity index (χ1n) is 8.83. The molecule has 0 unspecified atom stereocenters. The number of benzene rings is 2. The van der Waals surface area contributed by atoms with E-state index in [1.807, 2.05) is 36.4 Å². The summed E-state index contributed by atoms with van der Waals surface area (Å²) in [6, 6.07) is 15.8. The van der Waals surface area contributed by atoms with E-state index in [9.17, 15) is 4.79 Å². The van der Waals surface area contributed by atoms with Crippen LogP contribution < -0.4 is 15.4 Å². The van der Waals surface area contributed by atoms with Crippen molar-refractivity contribution in [3.63, 3.8) is 0 Å². The number of methoxy groups -OCH3 is 1. The molecule has 0 atom stereocenters. The van der Waals surface area contributed by atoms with Crippen molar-refractivity contribution in [2.45, 2.75) is 17.7 Å². The van der Waals surface area contributed by atoms with Crippen LogP contribution >= 0.6 is 23.1 Å². The Hall–Kier alpha value is -2.58. The molecule has 146 valence electrons. The van der Waals surface area contributed by atoms with Gasteiger partial charge in [-0.2, -0.15) is 0 Å². The van der Waals surface area contributed by atoms with Gasteiger partial charge in [-0.3, -0.25) is 4.79 Å². The van der Waals surface area contributed by atoms with Gasteiger partial charge in [-0.05, 0) is 36.6 Å². The molecule has 0 radical (unpaired) electrons. The molecular formula is C20H22N4O2S2. The van der Waals surface area contributed by atoms with Gasteiger partial charge in [-0.15, -0.1) is 10.2 Å². The van der Waals surface area contributed by atoms with Gasteiger partial charge >= 0.3 is 0 Å². The number of carbonyl (C=O) groups is 1. The van der Waals surface area contributed by atoms with Crippen LogP contribution in [0.1, 0.15) is 11.1 Å². The third-order valence-corrected chi connectivity index (χ3v) is 6.03. The summed E-state index contributed by atoms with van der Waals surface area (Å²) in [7, 11) is 1.62. The molecule has 3 aromatic rings. The monoisotopic (exact) mass is 414 g/mol. The van der Waals surface area contributed by atoms with E-state index in [1.54, 1.807) is 7.11 Å². The van der Waals surface area contributed by atoms with Crippen molar-refractivity contribution < 1.29 is 9.53 Å². The molecule has 2 N–H and O–H groups in total. The van der Waals surface area contributed by atoms with E-state index in [2.05, 4.69) is 39.9 Å². The molecule has 0 aliphatic heterocycles. The molecule has 0 saturated heterocycles. The smallest absolute Gasteiger partial charge is 0.230 e. The second kappa shape index (κ2) is 10.1. The van der Waals surface area contributed by atoms with Crippen LogP contribution in [0.4, 0.5) is 10.8 Å². The molecule has 0 spiro atoms. The normalized spacial score (nSPS) is 10.5. The minimum Gasteiger partial charge on any atom is -0.495 e. The van der Waals surface area contributed by atoms with Crippen molar-refractivity contribution >= 4 is 39.8 Å². The summed E-state index contributed by atoms with van der Waals surface area (Å²) >= 11 is 2.79. The lowest BCUT2D eigenvalue weighted by atomic mass is 10.1. The van der Waals surface area contributed by atoms with E-state index in [0.717, 1.165) is 22.2 Å². The fourth-order valence-corrected chi connectivity index (χ4v) is 4.18. The quantitative estimate of drug-likeness (QED) is 0.515. The standard InChI is InChI=1S/C20H22N4O2S2/c1-14-7-3-4-8-15(14)11-12-21-18(25)13-27-20-24-23-19(28-20)22-16-9-5-6-10-17(16)26-2/h3-10H,11-13H2,1-2H3,(H,21,25)(H,22,23). The number of hydrogen-bond acceptors (Lipinski definition) is 7. The van der Waals surface area contributed by atoms with Gasteiger partial charge in [0.1, 0.15) is 5.75 Å². The summed E-state index contributed by atoms with van der Waals surface area (Å²) in [5.74, 6) is 1.05. The number of ether oxygens (including phenoxy) is 1. The highest BCUT2D eigenvalue weighted by Gasteiger charge is 2.10. The Labute approximate surface area is 172 Å². The molecule has 28 heavy (non-hydrogen) atoms. The Bertz CT molecular complexity index is 930. The first kappa shape index (κ1) is 20.2. The molecule has 8 heteroatoms. The molecule has 0 saturated carbocycles. The molecule has 0 aliphatic rings. The maximum atomic E-state index is 12.1. The Morgan fingerprint density at radius 1 is 1.14 bits per heavy atom. The molecular weight excluding hydrogens is 392 g/mol. The molecule has 3 rings (SSSR count). The third kappa shape index (κ3) is 5.71. The van der Waals surface area contributed by atoms with Gasteiger partial charge in [0.15, 0.2) is 4.34 Å². The number of aromatic nitrogens is 2. The molecule has 0 aliphatic carbocycles. The number of nitrogens with zero attached hydrogens (tertiary/aromatic N) is 2. The predicted molar refractivity (Wildman–Crippen MR) is 115 cm³/mol. The highest BCUT2D eigenvalue weighted by Crippen LogP contribution is 2.31. The van der Waals surface area contributed by atoms with Gasteiger partial charge in [0.25, 0.3) is 0 Å². The minimum atomic E-state index is -0.00646. The Morgan fingerprint density at radius 2 is 1.93 bits per heavy atom. The van der Waals surface area contributed by atoms with Gasteiger partial charge in [0.2, 0.25) is 11.0 Å². The van der Waals surface area contributed by atoms with Crippen molar-refractivity contribution in [3.8, 4) is 5.75 Å². The van der Waals surface area contributed by atoms with Crippen molar-refractivity contribution in [1.29, 1.82) is 0 Å². The zero-order valence-corrected chi connectivity index (χ0v) is 17.4. The Morgan fingerprint density at radius 3 is 2.75 bits per heavy atom. The number of carbonyl (C=O) groups excluding carboxylic acids is 1. The van der Waals surface area contributed by atoms with Gasteiger partial charge in [0, 0.05) is 6.54 Å². The second-order valence-electron chi connectivity index (χ2n) is 6.01. The first-order valence-corrected chi connectivity index (χ1v) is 10.6. The van der Waals surface area contributed by atoms with Crippen LogP contribution in [0.5, 0.6) is 5.75 Å². The first-order chi connectivity index (χ1) is 13.7. The number of thioether (sulfide) groups is 1. The Balaban J connectivity index is 1.44. The van der Waals surface area contributed by atoms with E-state index in [-0.39, 0.29) is 5.91 Å². The molecule has 0 fully saturated rings. The van der Waals surface area contributed by atoms with Gasteiger partial charge < -0.3 is 15.4 Å². The van der Waals surface area contributed by atoms with Gasteiger partial charge in [0.05, 0.1) is 18.6 Å². The van der Waals surface area contributed by atoms with Gasteiger partial charge in [-0.25, -0.2) is 0 Å². The van der Waals surface area contributed by atoms with Crippen molar-refractivity contribution in [2.75, 3.05) is 24.7 Å². The molecule has 0 bridgehead atoms. The van der Waals surface area contributed by atoms with Crippen LogP contribution in [0.15, 0.2) is 52.9 Å². The summed E-state index contributed by atoms with van der Waals surface area (Å²) in [6.07, 6.45) is 0.828. The summed E-state index contributed by atoms with van der Waals surface area (Å²) < 4.78 is 6.06. The number of anilines is 2. The van der Waals surface area contributed by atoms with E-state index >= 15 is 0 Å². The number of nitrogens with one attached hydrogen (secondary N) is 2. The van der Waals surface area contributed by atoms with Crippen molar-refractivity contribution in [1.82, 2.24) is 15.5 Å². The molecule has 1 heterocycles. The van der Waals surface area contributed by atoms with Crippen LogP contribution in [0, 0.1) is 6.92 Å². The molecule has 1 amide bonds. The summed E-state index contributed by atoms with van der Waals surface area (Å²) in [5, 5.41) is 15.1. The molecule has 6 nitrogen and oxygen atoms in total. The minimum absolute atomic E-state index is 0.00646. The van der Waals surface area contributed by atoms with Crippen molar-refractivity contribution in [2.24, 2.45) is 0 Å². The van der Waals surface area contributed by atoms with E-state index in [1.165, 1.54) is 34.2 Å². The number of rotatable bonds is 9. The van der Waals surface area contributed by atoms with Crippen molar-refractivity contribution in [3.05, 3.63) is 59.7 Å². The third-order valence-electron chi connectivity index (χ3n) is 4.06. The topological polar surface area (TPSA) is 76.1 Å². The zero-order valence-electron chi connectivity index (χ0n) is 15.8. The largest absolute Gasteiger partial charge is 0.495 e. The lowest BCUT2D eigenvalue weighted by Gasteiger charge is -2.07. The maximum Gasteiger partial charge on any atom is 0.230 e. The van der Waals surface area contributed by atoms with E-state index < -0.39 is 0 Å². The molecule has 1 aromatic heterocycles. The number of amides is 1. The lowest BCUT2D eigenvalue weighted by molar-refractivity contribution is -0.118. The fraction of sp³-hybridized carbons (Fsp3) is 0.250. The zero-order chi connectivity index (χ0) is 19.8. The molecule has 2 aromatic carbocycles. The average Bonchev–Trinajstić information content (AvgIpc) is 3.16. The number of hydrogen-bond donors (Lipinski definition) is 2. The van der Waals surface area contributed by atoms with Crippen LogP contribution in [0.25, 0.3) is 0 Å². The van der Waals surface area contributed by atoms with Crippen LogP contribution in [-0.2, 0) is 11.2 Å². The highest BCUT2D eigenvalue weighted by molar-refractivity contribution is 8.01. The second-order valence-corrected chi connectivity index (χ2v) is 8.21. The van der Waals surface area contributed by atoms with Gasteiger partial charge in [-0.1, -0.05) is 59.5 Å². The SMILES string of the molecule is COc1ccccc1Nc1nnc(SCC(=O)NCCc2ccccc2C)s1. The lowest BCUT2D eigenvalue weighted by Crippen LogP contribution is -2.27. The van der Waals surface area contributed by atoms with Crippen LogP contribution in [0.3, 0.4) is 0 Å². The summed E-state index contributed by atoms with van der Waals surface area (Å²) in [6.45, 7) is 2.71. The summed E-state index contributed by atoms with van der Waals surface area (Å²) in [5.41, 5.74) is 3.33. The average molecular weight is 415 g/mol. The summed E-state index contributed by atoms with van der Waals surface area (Å²) in [4.78, 5) is 12.1. The van der Waals surface area contributed by atoms with Crippen LogP contribution in [-0.4, -0.2) is 35.5 Å². The predicted octanol–water partition coefficient (Wildman–Crippen LogP) is 4.05. The highest BCUT2D eigenvalue weighted by atomic mass is 32.2. The maximum absolute atomic E-state index is 12.1. The number of aryl methyl sites for hydroxylation is 1. The number of para-hydroxylation sites is 2.